The first-order chi connectivity index (χ1) is 9.00. The third kappa shape index (κ3) is 2.92. The fourth-order valence-corrected chi connectivity index (χ4v) is 1.66. The van der Waals surface area contributed by atoms with Gasteiger partial charge in [0.15, 0.2) is 0 Å². The van der Waals surface area contributed by atoms with Crippen molar-refractivity contribution in [3.05, 3.63) is 34.1 Å². The third-order valence-electron chi connectivity index (χ3n) is 2.55. The van der Waals surface area contributed by atoms with E-state index < -0.39 is 35.0 Å². The van der Waals surface area contributed by atoms with Gasteiger partial charge in [0.1, 0.15) is 5.82 Å². The Bertz CT molecular complexity index is 561. The highest BCUT2D eigenvalue weighted by Gasteiger charge is 2.58. The zero-order valence-electron chi connectivity index (χ0n) is 9.89. The van der Waals surface area contributed by atoms with Crippen molar-refractivity contribution in [3.63, 3.8) is 0 Å². The number of carbonyl (C=O) groups is 2. The molecule has 0 bridgehead atoms. The largest absolute Gasteiger partial charge is 0.479 e. The molecule has 0 aliphatic rings. The molecule has 2 N–H and O–H groups in total. The molecule has 0 aliphatic carbocycles. The normalized spacial score (nSPS) is 14.5. The van der Waals surface area contributed by atoms with Gasteiger partial charge in [-0.3, -0.25) is 4.79 Å². The Morgan fingerprint density at radius 1 is 1.30 bits per heavy atom. The number of amides is 1. The van der Waals surface area contributed by atoms with Crippen molar-refractivity contribution >= 4 is 27.8 Å². The maximum absolute atomic E-state index is 13.2. The van der Waals surface area contributed by atoms with E-state index in [1.165, 1.54) is 5.32 Å². The quantitative estimate of drug-likeness (QED) is 0.817. The number of hydrogen-bond acceptors (Lipinski definition) is 2. The lowest BCUT2D eigenvalue weighted by atomic mass is 10.0. The minimum absolute atomic E-state index is 0.306. The molecular formula is C11H8BrF4NO3. The SMILES string of the molecule is CC(NC(=O)c1cccc(F)c1Br)(C(=O)O)C(F)(F)F. The van der Waals surface area contributed by atoms with E-state index in [0.717, 1.165) is 18.2 Å². The van der Waals surface area contributed by atoms with Gasteiger partial charge in [0, 0.05) is 0 Å². The minimum atomic E-state index is -5.21. The van der Waals surface area contributed by atoms with Crippen molar-refractivity contribution in [1.82, 2.24) is 5.32 Å². The summed E-state index contributed by atoms with van der Waals surface area (Å²) in [6.45, 7) is 0.306. The minimum Gasteiger partial charge on any atom is -0.479 e. The van der Waals surface area contributed by atoms with Crippen LogP contribution in [0.5, 0.6) is 0 Å². The molecule has 4 nitrogen and oxygen atoms in total. The second-order valence-corrected chi connectivity index (χ2v) is 4.78. The summed E-state index contributed by atoms with van der Waals surface area (Å²) in [5.41, 5.74) is -3.92. The van der Waals surface area contributed by atoms with E-state index in [4.69, 9.17) is 5.11 Å². The Morgan fingerprint density at radius 2 is 1.85 bits per heavy atom. The highest BCUT2D eigenvalue weighted by molar-refractivity contribution is 9.10. The number of carboxylic acids is 1. The standard InChI is InChI=1S/C11H8BrF4NO3/c1-10(9(19)20,11(14,15)16)17-8(18)5-3-2-4-6(13)7(5)12/h2-4H,1H3,(H,17,18)(H,19,20). The summed E-state index contributed by atoms with van der Waals surface area (Å²) in [7, 11) is 0. The van der Waals surface area contributed by atoms with Gasteiger partial charge in [-0.05, 0) is 35.0 Å². The molecule has 1 amide bonds. The number of nitrogens with one attached hydrogen (secondary N) is 1. The average molecular weight is 358 g/mol. The Kier molecular flexibility index (Phi) is 4.42. The van der Waals surface area contributed by atoms with Crippen LogP contribution >= 0.6 is 15.9 Å². The first kappa shape index (κ1) is 16.4. The predicted molar refractivity (Wildman–Crippen MR) is 63.7 cm³/mol. The van der Waals surface area contributed by atoms with Crippen LogP contribution in [0.1, 0.15) is 17.3 Å². The van der Waals surface area contributed by atoms with Crippen LogP contribution in [0.15, 0.2) is 22.7 Å². The van der Waals surface area contributed by atoms with Crippen LogP contribution in [0, 0.1) is 5.82 Å². The average Bonchev–Trinajstić information content (AvgIpc) is 2.30. The molecule has 0 aromatic heterocycles. The second-order valence-electron chi connectivity index (χ2n) is 3.98. The number of carboxylic acid groups (broad SMARTS) is 1. The summed E-state index contributed by atoms with van der Waals surface area (Å²) in [5.74, 6) is -4.49. The summed E-state index contributed by atoms with van der Waals surface area (Å²) >= 11 is 2.71. The van der Waals surface area contributed by atoms with Gasteiger partial charge in [-0.2, -0.15) is 13.2 Å². The molecule has 1 rings (SSSR count). The van der Waals surface area contributed by atoms with Gasteiger partial charge in [0.25, 0.3) is 5.91 Å². The van der Waals surface area contributed by atoms with Crippen LogP contribution < -0.4 is 5.32 Å². The zero-order valence-corrected chi connectivity index (χ0v) is 11.5. The molecule has 0 aliphatic heterocycles. The van der Waals surface area contributed by atoms with Crippen LogP contribution in [0.25, 0.3) is 0 Å². The van der Waals surface area contributed by atoms with Crippen LogP contribution in [0.4, 0.5) is 17.6 Å². The molecule has 0 saturated carbocycles. The lowest BCUT2D eigenvalue weighted by Crippen LogP contribution is -2.61. The fourth-order valence-electron chi connectivity index (χ4n) is 1.22. The number of halogens is 5. The molecule has 0 fully saturated rings. The van der Waals surface area contributed by atoms with Crippen LogP contribution in [0.3, 0.4) is 0 Å². The van der Waals surface area contributed by atoms with Crippen LogP contribution in [-0.4, -0.2) is 28.7 Å². The number of hydrogen-bond donors (Lipinski definition) is 2. The van der Waals surface area contributed by atoms with Gasteiger partial charge < -0.3 is 10.4 Å². The summed E-state index contributed by atoms with van der Waals surface area (Å²) in [4.78, 5) is 22.5. The van der Waals surface area contributed by atoms with Crippen molar-refractivity contribution < 1.29 is 32.3 Å². The topological polar surface area (TPSA) is 66.4 Å². The molecular weight excluding hydrogens is 350 g/mol. The molecule has 110 valence electrons. The number of aliphatic carboxylic acids is 1. The van der Waals surface area contributed by atoms with Gasteiger partial charge in [-0.15, -0.1) is 0 Å². The zero-order chi connectivity index (χ0) is 15.7. The van der Waals surface area contributed by atoms with Gasteiger partial charge in [0.2, 0.25) is 5.54 Å². The smallest absolute Gasteiger partial charge is 0.422 e. The van der Waals surface area contributed by atoms with Crippen LogP contribution in [0.2, 0.25) is 0 Å². The second kappa shape index (κ2) is 5.39. The lowest BCUT2D eigenvalue weighted by molar-refractivity contribution is -0.203. The number of carbonyl (C=O) groups excluding carboxylic acids is 1. The van der Waals surface area contributed by atoms with Gasteiger partial charge in [-0.1, -0.05) is 6.07 Å². The molecule has 1 unspecified atom stereocenters. The van der Waals surface area contributed by atoms with Gasteiger partial charge >= 0.3 is 12.1 Å². The molecule has 0 heterocycles. The first-order valence-electron chi connectivity index (χ1n) is 5.07. The lowest BCUT2D eigenvalue weighted by Gasteiger charge is -2.28. The van der Waals surface area contributed by atoms with E-state index in [1.807, 2.05) is 0 Å². The molecule has 20 heavy (non-hydrogen) atoms. The van der Waals surface area contributed by atoms with Crippen LogP contribution in [-0.2, 0) is 4.79 Å². The molecule has 0 radical (unpaired) electrons. The molecule has 0 saturated heterocycles. The van der Waals surface area contributed by atoms with Crippen molar-refractivity contribution in [2.24, 2.45) is 0 Å². The van der Waals surface area contributed by atoms with E-state index in [0.29, 0.717) is 6.92 Å². The van der Waals surface area contributed by atoms with E-state index in [1.54, 1.807) is 0 Å². The van der Waals surface area contributed by atoms with E-state index in [9.17, 15) is 27.2 Å². The Morgan fingerprint density at radius 3 is 2.30 bits per heavy atom. The Labute approximate surface area is 118 Å². The number of alkyl halides is 3. The maximum Gasteiger partial charge on any atom is 0.422 e. The fraction of sp³-hybridized carbons (Fsp3) is 0.273. The monoisotopic (exact) mass is 357 g/mol. The highest BCUT2D eigenvalue weighted by atomic mass is 79.9. The first-order valence-corrected chi connectivity index (χ1v) is 5.86. The van der Waals surface area contributed by atoms with Crippen molar-refractivity contribution in [1.29, 1.82) is 0 Å². The number of benzene rings is 1. The summed E-state index contributed by atoms with van der Waals surface area (Å²) < 4.78 is 51.0. The van der Waals surface area contributed by atoms with E-state index >= 15 is 0 Å². The Hall–Kier alpha value is -1.64. The summed E-state index contributed by atoms with van der Waals surface area (Å²) in [6, 6.07) is 3.16. The van der Waals surface area contributed by atoms with Crippen molar-refractivity contribution in [3.8, 4) is 0 Å². The molecule has 1 aromatic rings. The third-order valence-corrected chi connectivity index (χ3v) is 3.36. The number of rotatable bonds is 3. The molecule has 1 atom stereocenters. The summed E-state index contributed by atoms with van der Waals surface area (Å²) in [5, 5.41) is 10.0. The molecule has 0 spiro atoms. The highest BCUT2D eigenvalue weighted by Crippen LogP contribution is 2.31. The van der Waals surface area contributed by atoms with Gasteiger partial charge in [0.05, 0.1) is 10.0 Å². The maximum atomic E-state index is 13.2. The summed E-state index contributed by atoms with van der Waals surface area (Å²) in [6.07, 6.45) is -5.21. The van der Waals surface area contributed by atoms with E-state index in [-0.39, 0.29) is 4.47 Å². The molecule has 1 aromatic carbocycles. The van der Waals surface area contributed by atoms with Crippen molar-refractivity contribution in [2.75, 3.05) is 0 Å². The van der Waals surface area contributed by atoms with Crippen molar-refractivity contribution in [2.45, 2.75) is 18.6 Å². The van der Waals surface area contributed by atoms with E-state index in [2.05, 4.69) is 15.9 Å². The predicted octanol–water partition coefficient (Wildman–Crippen LogP) is 2.72. The van der Waals surface area contributed by atoms with Gasteiger partial charge in [-0.25, -0.2) is 9.18 Å². The Balaban J connectivity index is 3.17. The molecule has 9 heteroatoms.